The fourth-order valence-electron chi connectivity index (χ4n) is 3.88. The summed E-state index contributed by atoms with van der Waals surface area (Å²) in [5.41, 5.74) is 4.80. The lowest BCUT2D eigenvalue weighted by molar-refractivity contribution is -0.145. The Morgan fingerprint density at radius 3 is 2.81 bits per heavy atom. The fourth-order valence-corrected chi connectivity index (χ4v) is 4.67. The number of carbonyl (C=O) groups is 1. The highest BCUT2D eigenvalue weighted by Gasteiger charge is 2.31. The first-order valence-electron chi connectivity index (χ1n) is 10.4. The molecule has 7 heteroatoms. The molecule has 1 aliphatic carbocycles. The van der Waals surface area contributed by atoms with Crippen molar-refractivity contribution in [3.8, 4) is 17.0 Å². The molecule has 0 saturated heterocycles. The van der Waals surface area contributed by atoms with Crippen molar-refractivity contribution < 1.29 is 14.3 Å². The number of carbonyl (C=O) groups excluding carboxylic acids is 1. The number of esters is 1. The van der Waals surface area contributed by atoms with Gasteiger partial charge < -0.3 is 14.8 Å². The van der Waals surface area contributed by atoms with Gasteiger partial charge in [0.05, 0.1) is 18.7 Å². The van der Waals surface area contributed by atoms with Crippen molar-refractivity contribution in [2.24, 2.45) is 5.92 Å². The zero-order valence-corrected chi connectivity index (χ0v) is 18.6. The van der Waals surface area contributed by atoms with E-state index in [0.29, 0.717) is 6.61 Å². The molecule has 1 saturated carbocycles. The molecular weight excluding hydrogens is 407 g/mol. The SMILES string of the molecule is [B]c1ccc(COc2ccc(C)cc2-c2csc(N[C@@H]3CC[C@H](C(=O)OC)C3)n2)cc1. The number of ether oxygens (including phenoxy) is 2. The highest BCUT2D eigenvalue weighted by Crippen LogP contribution is 2.35. The van der Waals surface area contributed by atoms with Gasteiger partial charge in [0.25, 0.3) is 0 Å². The van der Waals surface area contributed by atoms with Gasteiger partial charge in [0.1, 0.15) is 20.2 Å². The average Bonchev–Trinajstić information content (AvgIpc) is 3.43. The van der Waals surface area contributed by atoms with Crippen LogP contribution in [-0.2, 0) is 16.1 Å². The van der Waals surface area contributed by atoms with Crippen LogP contribution in [0, 0.1) is 12.8 Å². The number of nitrogens with one attached hydrogen (secondary N) is 1. The van der Waals surface area contributed by atoms with Crippen molar-refractivity contribution in [3.63, 3.8) is 0 Å². The number of aromatic nitrogens is 1. The molecule has 1 aliphatic rings. The number of nitrogens with zero attached hydrogens (tertiary/aromatic N) is 1. The van der Waals surface area contributed by atoms with Gasteiger partial charge in [-0.1, -0.05) is 41.4 Å². The minimum absolute atomic E-state index is 0.0213. The quantitative estimate of drug-likeness (QED) is 0.447. The maximum Gasteiger partial charge on any atom is 0.308 e. The minimum Gasteiger partial charge on any atom is -0.488 e. The second kappa shape index (κ2) is 9.56. The van der Waals surface area contributed by atoms with E-state index in [1.54, 1.807) is 11.3 Å². The molecule has 0 aliphatic heterocycles. The van der Waals surface area contributed by atoms with E-state index >= 15 is 0 Å². The molecule has 31 heavy (non-hydrogen) atoms. The Morgan fingerprint density at radius 1 is 1.23 bits per heavy atom. The number of rotatable bonds is 7. The van der Waals surface area contributed by atoms with Gasteiger partial charge in [-0.3, -0.25) is 4.79 Å². The van der Waals surface area contributed by atoms with Crippen LogP contribution in [0.4, 0.5) is 5.13 Å². The highest BCUT2D eigenvalue weighted by molar-refractivity contribution is 7.14. The molecule has 1 fully saturated rings. The normalized spacial score (nSPS) is 18.0. The molecular formula is C24H25BN2O3S. The van der Waals surface area contributed by atoms with E-state index in [1.807, 2.05) is 41.8 Å². The van der Waals surface area contributed by atoms with Gasteiger partial charge in [-0.25, -0.2) is 4.98 Å². The van der Waals surface area contributed by atoms with Crippen LogP contribution in [0.5, 0.6) is 5.75 Å². The Kier molecular flexibility index (Phi) is 6.61. The van der Waals surface area contributed by atoms with Gasteiger partial charge in [-0.15, -0.1) is 11.3 Å². The van der Waals surface area contributed by atoms with E-state index in [9.17, 15) is 4.79 Å². The van der Waals surface area contributed by atoms with Gasteiger partial charge >= 0.3 is 5.97 Å². The van der Waals surface area contributed by atoms with Crippen LogP contribution in [0.3, 0.4) is 0 Å². The predicted octanol–water partition coefficient (Wildman–Crippen LogP) is 4.24. The Bertz CT molecular complexity index is 1050. The summed E-state index contributed by atoms with van der Waals surface area (Å²) in [6.07, 6.45) is 2.57. The molecule has 2 aromatic carbocycles. The van der Waals surface area contributed by atoms with E-state index in [1.165, 1.54) is 7.11 Å². The van der Waals surface area contributed by atoms with E-state index < -0.39 is 0 Å². The number of hydrogen-bond acceptors (Lipinski definition) is 6. The predicted molar refractivity (Wildman–Crippen MR) is 125 cm³/mol. The first-order chi connectivity index (χ1) is 15.0. The molecule has 0 unspecified atom stereocenters. The number of methoxy groups -OCH3 is 1. The molecule has 2 atom stereocenters. The molecule has 158 valence electrons. The van der Waals surface area contributed by atoms with Crippen LogP contribution in [0.25, 0.3) is 11.3 Å². The summed E-state index contributed by atoms with van der Waals surface area (Å²) in [5, 5.41) is 6.38. The molecule has 0 bridgehead atoms. The van der Waals surface area contributed by atoms with Crippen molar-refractivity contribution in [3.05, 3.63) is 59.0 Å². The average molecular weight is 432 g/mol. The summed E-state index contributed by atoms with van der Waals surface area (Å²) in [6.45, 7) is 2.52. The highest BCUT2D eigenvalue weighted by atomic mass is 32.1. The Labute approximate surface area is 188 Å². The van der Waals surface area contributed by atoms with Crippen LogP contribution in [0.15, 0.2) is 47.8 Å². The topological polar surface area (TPSA) is 60.5 Å². The third-order valence-electron chi connectivity index (χ3n) is 5.58. The van der Waals surface area contributed by atoms with Crippen LogP contribution in [0.2, 0.25) is 0 Å². The van der Waals surface area contributed by atoms with Gasteiger partial charge in [0.2, 0.25) is 0 Å². The standard InChI is InChI=1S/C24H25BN2O3S/c1-15-3-10-22(30-13-16-4-7-18(25)8-5-16)20(11-15)21-14-31-24(27-21)26-19-9-6-17(12-19)23(28)29-2/h3-5,7-8,10-11,14,17,19H,6,9,12-13H2,1-2H3,(H,26,27)/t17-,19+/m0/s1. The van der Waals surface area contributed by atoms with E-state index in [4.69, 9.17) is 22.3 Å². The molecule has 1 heterocycles. The van der Waals surface area contributed by atoms with Gasteiger partial charge in [0, 0.05) is 17.0 Å². The monoisotopic (exact) mass is 432 g/mol. The Hall–Kier alpha value is -2.80. The van der Waals surface area contributed by atoms with Crippen molar-refractivity contribution in [2.45, 2.75) is 38.8 Å². The van der Waals surface area contributed by atoms with Crippen LogP contribution >= 0.6 is 11.3 Å². The fraction of sp³-hybridized carbons (Fsp3) is 0.333. The maximum atomic E-state index is 11.8. The second-order valence-corrected chi connectivity index (χ2v) is 8.80. The zero-order valence-electron chi connectivity index (χ0n) is 17.8. The minimum atomic E-state index is -0.119. The third-order valence-corrected chi connectivity index (χ3v) is 6.36. The van der Waals surface area contributed by atoms with E-state index in [2.05, 4.69) is 18.3 Å². The van der Waals surface area contributed by atoms with E-state index in [0.717, 1.165) is 58.0 Å². The Morgan fingerprint density at radius 2 is 2.03 bits per heavy atom. The lowest BCUT2D eigenvalue weighted by Gasteiger charge is -2.12. The van der Waals surface area contributed by atoms with Crippen molar-refractivity contribution in [2.75, 3.05) is 12.4 Å². The smallest absolute Gasteiger partial charge is 0.308 e. The first kappa shape index (κ1) is 21.4. The zero-order chi connectivity index (χ0) is 21.8. The summed E-state index contributed by atoms with van der Waals surface area (Å²) in [6, 6.07) is 14.1. The summed E-state index contributed by atoms with van der Waals surface area (Å²) < 4.78 is 11.0. The number of aryl methyl sites for hydroxylation is 1. The van der Waals surface area contributed by atoms with Crippen molar-refractivity contribution in [1.82, 2.24) is 4.98 Å². The number of hydrogen-bond donors (Lipinski definition) is 1. The molecule has 0 amide bonds. The summed E-state index contributed by atoms with van der Waals surface area (Å²) in [7, 11) is 7.21. The second-order valence-electron chi connectivity index (χ2n) is 7.94. The number of anilines is 1. The largest absolute Gasteiger partial charge is 0.488 e. The number of benzene rings is 2. The third kappa shape index (κ3) is 5.28. The maximum absolute atomic E-state index is 11.8. The van der Waals surface area contributed by atoms with Crippen LogP contribution in [0.1, 0.15) is 30.4 Å². The molecule has 4 rings (SSSR count). The summed E-state index contributed by atoms with van der Waals surface area (Å²) >= 11 is 1.57. The van der Waals surface area contributed by atoms with E-state index in [-0.39, 0.29) is 17.9 Å². The van der Waals surface area contributed by atoms with Crippen molar-refractivity contribution >= 4 is 35.7 Å². The van der Waals surface area contributed by atoms with Crippen LogP contribution < -0.4 is 15.5 Å². The lowest BCUT2D eigenvalue weighted by atomic mass is 9.95. The van der Waals surface area contributed by atoms with Crippen molar-refractivity contribution in [1.29, 1.82) is 0 Å². The Balaban J connectivity index is 1.46. The lowest BCUT2D eigenvalue weighted by Crippen LogP contribution is -2.18. The molecule has 5 nitrogen and oxygen atoms in total. The molecule has 2 radical (unpaired) electrons. The molecule has 1 aromatic heterocycles. The van der Waals surface area contributed by atoms with Gasteiger partial charge in [-0.2, -0.15) is 0 Å². The van der Waals surface area contributed by atoms with Gasteiger partial charge in [-0.05, 0) is 43.9 Å². The first-order valence-corrected chi connectivity index (χ1v) is 11.3. The number of thiazole rings is 1. The molecule has 0 spiro atoms. The molecule has 3 aromatic rings. The summed E-state index contributed by atoms with van der Waals surface area (Å²) in [5.74, 6) is 0.657. The van der Waals surface area contributed by atoms with Gasteiger partial charge in [0.15, 0.2) is 5.13 Å². The molecule has 1 N–H and O–H groups in total. The summed E-state index contributed by atoms with van der Waals surface area (Å²) in [4.78, 5) is 16.6. The van der Waals surface area contributed by atoms with Crippen LogP contribution in [-0.4, -0.2) is 32.0 Å².